The molecule has 0 aliphatic heterocycles. The highest BCUT2D eigenvalue weighted by Gasteiger charge is 2.53. The summed E-state index contributed by atoms with van der Waals surface area (Å²) in [7, 11) is 0. The van der Waals surface area contributed by atoms with E-state index in [2.05, 4.69) is 25.2 Å². The van der Waals surface area contributed by atoms with Gasteiger partial charge in [0, 0.05) is 16.6 Å². The molecule has 0 spiro atoms. The Kier molecular flexibility index (Phi) is 4.55. The number of halogens is 2. The fourth-order valence-corrected chi connectivity index (χ4v) is 4.53. The molecule has 0 amide bonds. The van der Waals surface area contributed by atoms with Crippen LogP contribution in [0.2, 0.25) is 10.0 Å². The van der Waals surface area contributed by atoms with Gasteiger partial charge >= 0.3 is 0 Å². The molecule has 2 aliphatic carbocycles. The number of fused-ring (bicyclic) bond motifs is 1. The van der Waals surface area contributed by atoms with Gasteiger partial charge in [-0.05, 0) is 73.1 Å². The van der Waals surface area contributed by atoms with E-state index in [-0.39, 0.29) is 0 Å². The Bertz CT molecular complexity index is 502. The molecule has 3 rings (SSSR count). The largest absolute Gasteiger partial charge is 0.316 e. The van der Waals surface area contributed by atoms with E-state index < -0.39 is 0 Å². The van der Waals surface area contributed by atoms with Gasteiger partial charge in [0.25, 0.3) is 0 Å². The SMILES string of the molecule is CC(C)CNCC1(Cc2ccc(Cl)cc2Cl)CC2CC2C1. The van der Waals surface area contributed by atoms with Crippen LogP contribution in [0.4, 0.5) is 0 Å². The zero-order valence-electron chi connectivity index (χ0n) is 13.0. The maximum Gasteiger partial charge on any atom is 0.0453 e. The van der Waals surface area contributed by atoms with Crippen molar-refractivity contribution in [2.45, 2.75) is 39.5 Å². The Hall–Kier alpha value is -0.240. The van der Waals surface area contributed by atoms with E-state index in [1.807, 2.05) is 12.1 Å². The Balaban J connectivity index is 1.70. The lowest BCUT2D eigenvalue weighted by atomic mass is 9.77. The molecule has 116 valence electrons. The van der Waals surface area contributed by atoms with Gasteiger partial charge in [-0.2, -0.15) is 0 Å². The van der Waals surface area contributed by atoms with E-state index in [0.717, 1.165) is 41.4 Å². The van der Waals surface area contributed by atoms with Crippen molar-refractivity contribution >= 4 is 23.2 Å². The summed E-state index contributed by atoms with van der Waals surface area (Å²) in [4.78, 5) is 0. The van der Waals surface area contributed by atoms with Gasteiger partial charge in [0.1, 0.15) is 0 Å². The average molecular weight is 326 g/mol. The second kappa shape index (κ2) is 6.10. The van der Waals surface area contributed by atoms with E-state index in [1.54, 1.807) is 0 Å². The monoisotopic (exact) mass is 325 g/mol. The minimum Gasteiger partial charge on any atom is -0.316 e. The molecule has 2 atom stereocenters. The first-order chi connectivity index (χ1) is 9.97. The summed E-state index contributed by atoms with van der Waals surface area (Å²) in [5.74, 6) is 2.67. The molecule has 1 aromatic carbocycles. The molecule has 2 aliphatic rings. The molecule has 21 heavy (non-hydrogen) atoms. The number of benzene rings is 1. The van der Waals surface area contributed by atoms with Crippen molar-refractivity contribution in [3.8, 4) is 0 Å². The molecule has 0 radical (unpaired) electrons. The predicted octanol–water partition coefficient (Wildman–Crippen LogP) is 5.20. The first-order valence-corrected chi connectivity index (χ1v) is 8.88. The van der Waals surface area contributed by atoms with E-state index in [9.17, 15) is 0 Å². The molecule has 0 heterocycles. The van der Waals surface area contributed by atoms with Crippen LogP contribution in [0, 0.1) is 23.2 Å². The highest BCUT2D eigenvalue weighted by atomic mass is 35.5. The van der Waals surface area contributed by atoms with Crippen LogP contribution in [-0.2, 0) is 6.42 Å². The molecule has 0 saturated heterocycles. The number of nitrogens with one attached hydrogen (secondary N) is 1. The van der Waals surface area contributed by atoms with Gasteiger partial charge in [-0.25, -0.2) is 0 Å². The average Bonchev–Trinajstić information content (AvgIpc) is 3.01. The molecule has 1 N–H and O–H groups in total. The lowest BCUT2D eigenvalue weighted by Gasteiger charge is -2.32. The molecular weight excluding hydrogens is 301 g/mol. The number of rotatable bonds is 6. The third kappa shape index (κ3) is 3.75. The Morgan fingerprint density at radius 1 is 1.24 bits per heavy atom. The first kappa shape index (κ1) is 15.6. The van der Waals surface area contributed by atoms with Gasteiger partial charge < -0.3 is 5.32 Å². The van der Waals surface area contributed by atoms with Crippen LogP contribution in [0.1, 0.15) is 38.7 Å². The van der Waals surface area contributed by atoms with Crippen molar-refractivity contribution in [1.82, 2.24) is 5.32 Å². The van der Waals surface area contributed by atoms with Gasteiger partial charge in [0.2, 0.25) is 0 Å². The van der Waals surface area contributed by atoms with Crippen LogP contribution < -0.4 is 5.32 Å². The molecular formula is C18H25Cl2N. The summed E-state index contributed by atoms with van der Waals surface area (Å²) in [6, 6.07) is 5.95. The summed E-state index contributed by atoms with van der Waals surface area (Å²) < 4.78 is 0. The molecule has 2 unspecified atom stereocenters. The van der Waals surface area contributed by atoms with Crippen molar-refractivity contribution in [1.29, 1.82) is 0 Å². The van der Waals surface area contributed by atoms with Crippen LogP contribution in [0.3, 0.4) is 0 Å². The predicted molar refractivity (Wildman–Crippen MR) is 91.1 cm³/mol. The van der Waals surface area contributed by atoms with Gasteiger partial charge in [-0.3, -0.25) is 0 Å². The molecule has 1 aromatic rings. The third-order valence-corrected chi connectivity index (χ3v) is 5.68. The van der Waals surface area contributed by atoms with E-state index in [4.69, 9.17) is 23.2 Å². The Morgan fingerprint density at radius 3 is 2.57 bits per heavy atom. The lowest BCUT2D eigenvalue weighted by molar-refractivity contribution is 0.245. The zero-order valence-corrected chi connectivity index (χ0v) is 14.5. The maximum atomic E-state index is 6.40. The minimum absolute atomic E-state index is 0.403. The minimum atomic E-state index is 0.403. The smallest absolute Gasteiger partial charge is 0.0453 e. The molecule has 2 saturated carbocycles. The number of hydrogen-bond donors (Lipinski definition) is 1. The topological polar surface area (TPSA) is 12.0 Å². The molecule has 2 fully saturated rings. The highest BCUT2D eigenvalue weighted by Crippen LogP contribution is 2.60. The van der Waals surface area contributed by atoms with E-state index in [1.165, 1.54) is 24.8 Å². The summed E-state index contributed by atoms with van der Waals surface area (Å²) in [6.07, 6.45) is 5.27. The van der Waals surface area contributed by atoms with Crippen molar-refractivity contribution in [3.63, 3.8) is 0 Å². The van der Waals surface area contributed by atoms with Gasteiger partial charge in [-0.1, -0.05) is 43.1 Å². The van der Waals surface area contributed by atoms with Gasteiger partial charge in [0.15, 0.2) is 0 Å². The molecule has 1 nitrogen and oxygen atoms in total. The first-order valence-electron chi connectivity index (χ1n) is 8.12. The summed E-state index contributed by atoms with van der Waals surface area (Å²) in [5.41, 5.74) is 1.66. The van der Waals surface area contributed by atoms with Crippen LogP contribution in [0.5, 0.6) is 0 Å². The molecule has 0 bridgehead atoms. The molecule has 3 heteroatoms. The Morgan fingerprint density at radius 2 is 1.95 bits per heavy atom. The quantitative estimate of drug-likeness (QED) is 0.758. The van der Waals surface area contributed by atoms with Crippen molar-refractivity contribution in [2.75, 3.05) is 13.1 Å². The van der Waals surface area contributed by atoms with Crippen LogP contribution >= 0.6 is 23.2 Å². The zero-order chi connectivity index (χ0) is 15.0. The fourth-order valence-electron chi connectivity index (χ4n) is 4.05. The Labute approximate surface area is 138 Å². The van der Waals surface area contributed by atoms with Crippen LogP contribution in [-0.4, -0.2) is 13.1 Å². The van der Waals surface area contributed by atoms with Crippen molar-refractivity contribution in [2.24, 2.45) is 23.2 Å². The second-order valence-corrected chi connectivity index (χ2v) is 8.45. The van der Waals surface area contributed by atoms with Crippen molar-refractivity contribution in [3.05, 3.63) is 33.8 Å². The van der Waals surface area contributed by atoms with E-state index in [0.29, 0.717) is 11.3 Å². The third-order valence-electron chi connectivity index (χ3n) is 5.09. The summed E-state index contributed by atoms with van der Waals surface area (Å²) in [6.45, 7) is 6.76. The summed E-state index contributed by atoms with van der Waals surface area (Å²) >= 11 is 12.4. The molecule has 0 aromatic heterocycles. The highest BCUT2D eigenvalue weighted by molar-refractivity contribution is 6.35. The summed E-state index contributed by atoms with van der Waals surface area (Å²) in [5, 5.41) is 5.24. The van der Waals surface area contributed by atoms with Crippen LogP contribution in [0.15, 0.2) is 18.2 Å². The van der Waals surface area contributed by atoms with Crippen LogP contribution in [0.25, 0.3) is 0 Å². The second-order valence-electron chi connectivity index (χ2n) is 7.60. The van der Waals surface area contributed by atoms with Gasteiger partial charge in [0.05, 0.1) is 0 Å². The van der Waals surface area contributed by atoms with E-state index >= 15 is 0 Å². The normalized spacial score (nSPS) is 30.7. The van der Waals surface area contributed by atoms with Crippen molar-refractivity contribution < 1.29 is 0 Å². The standard InChI is InChI=1S/C18H25Cl2N/c1-12(2)10-21-11-18(8-14-5-15(14)9-18)7-13-3-4-16(19)6-17(13)20/h3-4,6,12,14-15,21H,5,7-11H2,1-2H3. The number of hydrogen-bond acceptors (Lipinski definition) is 1. The lowest BCUT2D eigenvalue weighted by Crippen LogP contribution is -2.36. The van der Waals surface area contributed by atoms with Gasteiger partial charge in [-0.15, -0.1) is 0 Å². The maximum absolute atomic E-state index is 6.40. The fraction of sp³-hybridized carbons (Fsp3) is 0.667.